The predicted octanol–water partition coefficient (Wildman–Crippen LogP) is 1.33. The van der Waals surface area contributed by atoms with E-state index >= 15 is 0 Å². The molecule has 84 valence electrons. The molecule has 16 heavy (non-hydrogen) atoms. The number of hydrogen-bond donors (Lipinski definition) is 2. The minimum absolute atomic E-state index is 0.132. The average molecular weight is 222 g/mol. The first-order valence-electron chi connectivity index (χ1n) is 4.67. The van der Waals surface area contributed by atoms with Crippen LogP contribution in [0.2, 0.25) is 0 Å². The van der Waals surface area contributed by atoms with Gasteiger partial charge in [-0.05, 0) is 6.92 Å². The van der Waals surface area contributed by atoms with Crippen LogP contribution in [0.4, 0.5) is 11.7 Å². The number of carbonyl (C=O) groups is 1. The first-order valence-corrected chi connectivity index (χ1v) is 4.67. The number of aromatic nitrogens is 3. The molecule has 0 amide bonds. The van der Waals surface area contributed by atoms with Crippen molar-refractivity contribution in [1.82, 2.24) is 14.8 Å². The monoisotopic (exact) mass is 222 g/mol. The summed E-state index contributed by atoms with van der Waals surface area (Å²) in [4.78, 5) is 14.3. The van der Waals surface area contributed by atoms with E-state index in [2.05, 4.69) is 15.4 Å². The number of aromatic carboxylic acids is 1. The summed E-state index contributed by atoms with van der Waals surface area (Å²) in [6.45, 7) is 2.72. The number of rotatable bonds is 4. The molecule has 0 unspecified atom stereocenters. The third kappa shape index (κ3) is 2.02. The van der Waals surface area contributed by atoms with E-state index in [-0.39, 0.29) is 11.7 Å². The summed E-state index contributed by atoms with van der Waals surface area (Å²) in [6.07, 6.45) is 4.45. The van der Waals surface area contributed by atoms with E-state index in [1.54, 1.807) is 17.1 Å². The lowest BCUT2D eigenvalue weighted by Crippen LogP contribution is -1.97. The van der Waals surface area contributed by atoms with Crippen molar-refractivity contribution in [3.8, 4) is 0 Å². The van der Waals surface area contributed by atoms with Gasteiger partial charge in [0.2, 0.25) is 0 Å². The Balaban J connectivity index is 2.11. The molecule has 2 aromatic heterocycles. The van der Waals surface area contributed by atoms with Crippen LogP contribution in [-0.4, -0.2) is 25.8 Å². The zero-order valence-corrected chi connectivity index (χ0v) is 8.54. The van der Waals surface area contributed by atoms with Gasteiger partial charge >= 0.3 is 5.97 Å². The van der Waals surface area contributed by atoms with Crippen molar-refractivity contribution in [3.63, 3.8) is 0 Å². The van der Waals surface area contributed by atoms with Gasteiger partial charge in [-0.15, -0.1) is 0 Å². The van der Waals surface area contributed by atoms with Crippen molar-refractivity contribution >= 4 is 17.7 Å². The van der Waals surface area contributed by atoms with Crippen LogP contribution in [0.3, 0.4) is 0 Å². The van der Waals surface area contributed by atoms with Crippen molar-refractivity contribution in [1.29, 1.82) is 0 Å². The Bertz CT molecular complexity index is 502. The highest BCUT2D eigenvalue weighted by Crippen LogP contribution is 2.14. The van der Waals surface area contributed by atoms with Crippen LogP contribution >= 0.6 is 0 Å². The van der Waals surface area contributed by atoms with Crippen LogP contribution in [0.25, 0.3) is 0 Å². The number of oxazole rings is 1. The van der Waals surface area contributed by atoms with E-state index < -0.39 is 5.97 Å². The normalized spacial score (nSPS) is 10.3. The fraction of sp³-hybridized carbons (Fsp3) is 0.222. The molecule has 7 heteroatoms. The third-order valence-corrected chi connectivity index (χ3v) is 1.93. The second-order valence-corrected chi connectivity index (χ2v) is 3.05. The van der Waals surface area contributed by atoms with Gasteiger partial charge in [0.05, 0.1) is 11.9 Å². The molecule has 0 saturated carbocycles. The molecule has 2 heterocycles. The molecule has 2 N–H and O–H groups in total. The van der Waals surface area contributed by atoms with Crippen molar-refractivity contribution in [3.05, 3.63) is 24.4 Å². The van der Waals surface area contributed by atoms with Crippen LogP contribution in [-0.2, 0) is 6.54 Å². The number of hydrogen-bond acceptors (Lipinski definition) is 5. The van der Waals surface area contributed by atoms with Crippen molar-refractivity contribution in [2.45, 2.75) is 13.5 Å². The second kappa shape index (κ2) is 4.05. The molecule has 0 radical (unpaired) electrons. The van der Waals surface area contributed by atoms with E-state index in [1.807, 2.05) is 6.92 Å². The lowest BCUT2D eigenvalue weighted by molar-refractivity contribution is 0.0690. The quantitative estimate of drug-likeness (QED) is 0.810. The van der Waals surface area contributed by atoms with Gasteiger partial charge in [0, 0.05) is 12.7 Å². The fourth-order valence-corrected chi connectivity index (χ4v) is 1.15. The lowest BCUT2D eigenvalue weighted by Gasteiger charge is -1.95. The standard InChI is InChI=1S/C9H10N4O3/c1-2-13-4-6(3-10-13)11-9-12-7(5-16-9)8(14)15/h3-5H,2H2,1H3,(H,11,12)(H,14,15). The molecule has 0 spiro atoms. The lowest BCUT2D eigenvalue weighted by atomic mass is 10.5. The van der Waals surface area contributed by atoms with E-state index in [1.165, 1.54) is 0 Å². The Morgan fingerprint density at radius 3 is 3.06 bits per heavy atom. The molecule has 0 aliphatic rings. The Morgan fingerprint density at radius 2 is 2.50 bits per heavy atom. The van der Waals surface area contributed by atoms with Gasteiger partial charge in [-0.2, -0.15) is 10.1 Å². The molecular formula is C9H10N4O3. The van der Waals surface area contributed by atoms with Crippen molar-refractivity contribution in [2.24, 2.45) is 0 Å². The van der Waals surface area contributed by atoms with Crippen molar-refractivity contribution in [2.75, 3.05) is 5.32 Å². The van der Waals surface area contributed by atoms with Gasteiger partial charge in [0.1, 0.15) is 6.26 Å². The van der Waals surface area contributed by atoms with Gasteiger partial charge in [0.25, 0.3) is 6.01 Å². The highest BCUT2D eigenvalue weighted by Gasteiger charge is 2.10. The summed E-state index contributed by atoms with van der Waals surface area (Å²) >= 11 is 0. The zero-order valence-electron chi connectivity index (χ0n) is 8.54. The number of aryl methyl sites for hydroxylation is 1. The summed E-state index contributed by atoms with van der Waals surface area (Å²) in [5.74, 6) is -1.12. The first-order chi connectivity index (χ1) is 7.69. The topological polar surface area (TPSA) is 93.2 Å². The van der Waals surface area contributed by atoms with Crippen LogP contribution in [0.1, 0.15) is 17.4 Å². The molecular weight excluding hydrogens is 212 g/mol. The first kappa shape index (κ1) is 10.2. The largest absolute Gasteiger partial charge is 0.476 e. The maximum atomic E-state index is 10.6. The number of carboxylic acids is 1. The minimum atomic E-state index is -1.12. The van der Waals surface area contributed by atoms with Crippen LogP contribution in [0.15, 0.2) is 23.1 Å². The zero-order chi connectivity index (χ0) is 11.5. The number of anilines is 2. The average Bonchev–Trinajstić information content (AvgIpc) is 2.87. The molecule has 0 atom stereocenters. The van der Waals surface area contributed by atoms with Gasteiger partial charge < -0.3 is 14.8 Å². The van der Waals surface area contributed by atoms with Crippen LogP contribution in [0.5, 0.6) is 0 Å². The maximum absolute atomic E-state index is 10.6. The van der Waals surface area contributed by atoms with Crippen molar-refractivity contribution < 1.29 is 14.3 Å². The smallest absolute Gasteiger partial charge is 0.357 e. The second-order valence-electron chi connectivity index (χ2n) is 3.05. The number of nitrogens with one attached hydrogen (secondary N) is 1. The summed E-state index contributed by atoms with van der Waals surface area (Å²) in [6, 6.07) is 0.132. The highest BCUT2D eigenvalue weighted by atomic mass is 16.4. The Hall–Kier alpha value is -2.31. The molecule has 0 saturated heterocycles. The third-order valence-electron chi connectivity index (χ3n) is 1.93. The summed E-state index contributed by atoms with van der Waals surface area (Å²) in [7, 11) is 0. The van der Waals surface area contributed by atoms with Gasteiger partial charge in [0.15, 0.2) is 5.69 Å². The summed E-state index contributed by atoms with van der Waals surface area (Å²) in [5.41, 5.74) is 0.561. The highest BCUT2D eigenvalue weighted by molar-refractivity contribution is 5.85. The number of nitrogens with zero attached hydrogens (tertiary/aromatic N) is 3. The van der Waals surface area contributed by atoms with E-state index in [4.69, 9.17) is 9.52 Å². The molecule has 0 aliphatic carbocycles. The molecule has 2 aromatic rings. The molecule has 0 aliphatic heterocycles. The molecule has 0 fully saturated rings. The van der Waals surface area contributed by atoms with E-state index in [9.17, 15) is 4.79 Å². The summed E-state index contributed by atoms with van der Waals surface area (Å²) < 4.78 is 6.66. The fourth-order valence-electron chi connectivity index (χ4n) is 1.15. The van der Waals surface area contributed by atoms with Crippen LogP contribution in [0, 0.1) is 0 Å². The maximum Gasteiger partial charge on any atom is 0.357 e. The minimum Gasteiger partial charge on any atom is -0.476 e. The molecule has 2 rings (SSSR count). The Labute approximate surface area is 90.7 Å². The van der Waals surface area contributed by atoms with Gasteiger partial charge in [-0.3, -0.25) is 4.68 Å². The Kier molecular flexibility index (Phi) is 2.59. The van der Waals surface area contributed by atoms with Gasteiger partial charge in [-0.25, -0.2) is 4.79 Å². The van der Waals surface area contributed by atoms with Gasteiger partial charge in [-0.1, -0.05) is 0 Å². The van der Waals surface area contributed by atoms with Crippen LogP contribution < -0.4 is 5.32 Å². The van der Waals surface area contributed by atoms with E-state index in [0.717, 1.165) is 12.8 Å². The molecule has 0 bridgehead atoms. The summed E-state index contributed by atoms with van der Waals surface area (Å²) in [5, 5.41) is 15.5. The molecule has 7 nitrogen and oxygen atoms in total. The number of carboxylic acid groups (broad SMARTS) is 1. The van der Waals surface area contributed by atoms with E-state index in [0.29, 0.717) is 5.69 Å². The predicted molar refractivity (Wildman–Crippen MR) is 54.6 cm³/mol. The Morgan fingerprint density at radius 1 is 1.69 bits per heavy atom. The molecule has 0 aromatic carbocycles. The SMILES string of the molecule is CCn1cc(Nc2nc(C(=O)O)co2)cn1.